The minimum absolute atomic E-state index is 0.0802. The zero-order valence-corrected chi connectivity index (χ0v) is 16.0. The van der Waals surface area contributed by atoms with Crippen LogP contribution in [-0.4, -0.2) is 24.7 Å². The Morgan fingerprint density at radius 1 is 1.39 bits per heavy atom. The summed E-state index contributed by atoms with van der Waals surface area (Å²) in [4.78, 5) is 24.2. The Hall–Kier alpha value is -3.18. The number of methoxy groups -OCH3 is 1. The highest BCUT2D eigenvalue weighted by molar-refractivity contribution is 8.03. The molecule has 2 N–H and O–H groups in total. The first kappa shape index (κ1) is 19.6. The zero-order valence-electron chi connectivity index (χ0n) is 15.2. The molecule has 1 aromatic heterocycles. The molecule has 1 atom stereocenters. The summed E-state index contributed by atoms with van der Waals surface area (Å²) in [6, 6.07) is 13.0. The van der Waals surface area contributed by atoms with E-state index in [1.165, 1.54) is 6.26 Å². The van der Waals surface area contributed by atoms with Gasteiger partial charge in [-0.1, -0.05) is 23.9 Å². The van der Waals surface area contributed by atoms with E-state index in [0.717, 1.165) is 17.3 Å². The molecule has 1 aromatic carbocycles. The fourth-order valence-corrected chi connectivity index (χ4v) is 3.75. The summed E-state index contributed by atoms with van der Waals surface area (Å²) in [5.41, 5.74) is 1.31. The first-order chi connectivity index (χ1) is 13.6. The first-order valence-electron chi connectivity index (χ1n) is 8.60. The van der Waals surface area contributed by atoms with Gasteiger partial charge in [0, 0.05) is 12.3 Å². The highest BCUT2D eigenvalue weighted by Crippen LogP contribution is 2.36. The number of nitrogens with one attached hydrogen (secondary N) is 2. The van der Waals surface area contributed by atoms with Crippen LogP contribution in [0.5, 0.6) is 5.75 Å². The average molecular weight is 397 g/mol. The third-order valence-corrected chi connectivity index (χ3v) is 5.28. The van der Waals surface area contributed by atoms with E-state index < -0.39 is 0 Å². The zero-order chi connectivity index (χ0) is 19.9. The molecule has 2 amide bonds. The Labute approximate surface area is 166 Å². The molecule has 28 heavy (non-hydrogen) atoms. The summed E-state index contributed by atoms with van der Waals surface area (Å²) in [5, 5.41) is 15.5. The van der Waals surface area contributed by atoms with Crippen molar-refractivity contribution < 1.29 is 18.7 Å². The number of thioether (sulfide) groups is 1. The quantitative estimate of drug-likeness (QED) is 0.744. The molecule has 0 aliphatic carbocycles. The molecule has 0 saturated heterocycles. The van der Waals surface area contributed by atoms with Gasteiger partial charge in [-0.05, 0) is 29.8 Å². The Bertz CT molecular complexity index is 914. The monoisotopic (exact) mass is 397 g/mol. The van der Waals surface area contributed by atoms with Crippen LogP contribution in [0.3, 0.4) is 0 Å². The van der Waals surface area contributed by atoms with Crippen LogP contribution in [0.15, 0.2) is 57.7 Å². The SMILES string of the molecule is COc1ccc([C@H]2CC(=O)NC(SCC(=O)NCc3ccco3)=C2C#N)cc1. The van der Waals surface area contributed by atoms with E-state index in [-0.39, 0.29) is 36.5 Å². The van der Waals surface area contributed by atoms with Gasteiger partial charge in [0.15, 0.2) is 0 Å². The van der Waals surface area contributed by atoms with Crippen molar-refractivity contribution in [3.05, 3.63) is 64.6 Å². The van der Waals surface area contributed by atoms with E-state index in [1.54, 1.807) is 31.4 Å². The second-order valence-corrected chi connectivity index (χ2v) is 7.06. The van der Waals surface area contributed by atoms with E-state index in [4.69, 9.17) is 9.15 Å². The fraction of sp³-hybridized carbons (Fsp3) is 0.250. The number of allylic oxidation sites excluding steroid dienone is 1. The van der Waals surface area contributed by atoms with Crippen LogP contribution in [0.25, 0.3) is 0 Å². The number of hydrogen-bond donors (Lipinski definition) is 2. The second kappa shape index (κ2) is 9.15. The average Bonchev–Trinajstić information content (AvgIpc) is 3.24. The number of hydrogen-bond acceptors (Lipinski definition) is 6. The van der Waals surface area contributed by atoms with Crippen molar-refractivity contribution in [2.45, 2.75) is 18.9 Å². The summed E-state index contributed by atoms with van der Waals surface area (Å²) >= 11 is 1.14. The summed E-state index contributed by atoms with van der Waals surface area (Å²) in [6.07, 6.45) is 1.72. The van der Waals surface area contributed by atoms with Crippen LogP contribution in [0.2, 0.25) is 0 Å². The molecule has 0 spiro atoms. The van der Waals surface area contributed by atoms with Crippen LogP contribution in [0.1, 0.15) is 23.7 Å². The number of furan rings is 1. The van der Waals surface area contributed by atoms with Gasteiger partial charge in [0.1, 0.15) is 11.5 Å². The maximum absolute atomic E-state index is 12.2. The summed E-state index contributed by atoms with van der Waals surface area (Å²) in [6.45, 7) is 0.289. The predicted molar refractivity (Wildman–Crippen MR) is 104 cm³/mol. The van der Waals surface area contributed by atoms with Gasteiger partial charge in [-0.15, -0.1) is 0 Å². The second-order valence-electron chi connectivity index (χ2n) is 6.08. The minimum Gasteiger partial charge on any atom is -0.497 e. The number of nitriles is 1. The maximum atomic E-state index is 12.2. The molecule has 7 nitrogen and oxygen atoms in total. The highest BCUT2D eigenvalue weighted by atomic mass is 32.2. The lowest BCUT2D eigenvalue weighted by Gasteiger charge is -2.25. The number of carbonyl (C=O) groups is 2. The van der Waals surface area contributed by atoms with Crippen molar-refractivity contribution in [3.8, 4) is 11.8 Å². The first-order valence-corrected chi connectivity index (χ1v) is 9.59. The lowest BCUT2D eigenvalue weighted by Crippen LogP contribution is -2.32. The number of ether oxygens (including phenoxy) is 1. The van der Waals surface area contributed by atoms with Crippen LogP contribution in [-0.2, 0) is 16.1 Å². The van der Waals surface area contributed by atoms with Crippen LogP contribution in [0.4, 0.5) is 0 Å². The molecule has 0 saturated carbocycles. The molecule has 1 aliphatic rings. The topological polar surface area (TPSA) is 104 Å². The van der Waals surface area contributed by atoms with Crippen molar-refractivity contribution in [2.24, 2.45) is 0 Å². The molecular weight excluding hydrogens is 378 g/mol. The number of amides is 2. The standard InChI is InChI=1S/C20H19N3O4S/c1-26-14-6-4-13(5-7-14)16-9-18(24)23-20(17(16)10-21)28-12-19(25)22-11-15-3-2-8-27-15/h2-8,16H,9,11-12H2,1H3,(H,22,25)(H,23,24)/t16-/m1/s1. The summed E-state index contributed by atoms with van der Waals surface area (Å²) in [5.74, 6) is 0.690. The van der Waals surface area contributed by atoms with Gasteiger partial charge in [-0.2, -0.15) is 5.26 Å². The van der Waals surface area contributed by atoms with Gasteiger partial charge in [-0.3, -0.25) is 9.59 Å². The number of benzene rings is 1. The van der Waals surface area contributed by atoms with Crippen molar-refractivity contribution >= 4 is 23.6 Å². The van der Waals surface area contributed by atoms with E-state index in [2.05, 4.69) is 16.7 Å². The molecule has 0 unspecified atom stereocenters. The molecule has 0 radical (unpaired) electrons. The minimum atomic E-state index is -0.349. The third-order valence-electron chi connectivity index (χ3n) is 4.26. The largest absolute Gasteiger partial charge is 0.497 e. The van der Waals surface area contributed by atoms with Gasteiger partial charge >= 0.3 is 0 Å². The molecule has 3 rings (SSSR count). The third kappa shape index (κ3) is 4.75. The van der Waals surface area contributed by atoms with Gasteiger partial charge in [0.25, 0.3) is 0 Å². The van der Waals surface area contributed by atoms with Crippen LogP contribution in [0, 0.1) is 11.3 Å². The van der Waals surface area contributed by atoms with Crippen LogP contribution < -0.4 is 15.4 Å². The van der Waals surface area contributed by atoms with Crippen molar-refractivity contribution in [2.75, 3.05) is 12.9 Å². The van der Waals surface area contributed by atoms with Crippen molar-refractivity contribution in [1.29, 1.82) is 5.26 Å². The number of rotatable bonds is 7. The Morgan fingerprint density at radius 3 is 2.82 bits per heavy atom. The van der Waals surface area contributed by atoms with Crippen LogP contribution >= 0.6 is 11.8 Å². The molecular formula is C20H19N3O4S. The van der Waals surface area contributed by atoms with Gasteiger partial charge < -0.3 is 19.8 Å². The van der Waals surface area contributed by atoms with Crippen molar-refractivity contribution in [3.63, 3.8) is 0 Å². The predicted octanol–water partition coefficient (Wildman–Crippen LogP) is 2.68. The summed E-state index contributed by atoms with van der Waals surface area (Å²) in [7, 11) is 1.58. The Balaban J connectivity index is 1.69. The van der Waals surface area contributed by atoms with E-state index in [1.807, 2.05) is 12.1 Å². The number of nitrogens with zero attached hydrogens (tertiary/aromatic N) is 1. The molecule has 8 heteroatoms. The lowest BCUT2D eigenvalue weighted by molar-refractivity contribution is -0.121. The van der Waals surface area contributed by atoms with E-state index >= 15 is 0 Å². The smallest absolute Gasteiger partial charge is 0.230 e. The van der Waals surface area contributed by atoms with Gasteiger partial charge in [0.05, 0.1) is 42.3 Å². The molecule has 0 bridgehead atoms. The van der Waals surface area contributed by atoms with E-state index in [0.29, 0.717) is 22.1 Å². The molecule has 0 fully saturated rings. The highest BCUT2D eigenvalue weighted by Gasteiger charge is 2.29. The normalized spacial score (nSPS) is 16.3. The van der Waals surface area contributed by atoms with Gasteiger partial charge in [-0.25, -0.2) is 0 Å². The summed E-state index contributed by atoms with van der Waals surface area (Å²) < 4.78 is 10.3. The Kier molecular flexibility index (Phi) is 6.40. The maximum Gasteiger partial charge on any atom is 0.230 e. The fourth-order valence-electron chi connectivity index (χ4n) is 2.84. The molecule has 1 aliphatic heterocycles. The Morgan fingerprint density at radius 2 is 2.18 bits per heavy atom. The van der Waals surface area contributed by atoms with Gasteiger partial charge in [0.2, 0.25) is 11.8 Å². The van der Waals surface area contributed by atoms with E-state index in [9.17, 15) is 14.9 Å². The lowest BCUT2D eigenvalue weighted by atomic mass is 9.87. The van der Waals surface area contributed by atoms with Crippen molar-refractivity contribution in [1.82, 2.24) is 10.6 Å². The number of carbonyl (C=O) groups excluding carboxylic acids is 2. The molecule has 2 heterocycles. The molecule has 144 valence electrons. The molecule has 2 aromatic rings.